The van der Waals surface area contributed by atoms with Crippen LogP contribution in [-0.2, 0) is 9.59 Å². The first-order valence-electron chi connectivity index (χ1n) is 7.55. The molecule has 3 rings (SSSR count). The van der Waals surface area contributed by atoms with Crippen LogP contribution in [-0.4, -0.2) is 53.0 Å². The predicted molar refractivity (Wildman–Crippen MR) is 79.3 cm³/mol. The number of piperidine rings is 1. The number of nitrogens with zero attached hydrogens (tertiary/aromatic N) is 1. The molecule has 3 unspecified atom stereocenters. The minimum Gasteiger partial charge on any atom is -0.354 e. The Kier molecular flexibility index (Phi) is 3.95. The normalized spacial score (nSPS) is 37.0. The largest absolute Gasteiger partial charge is 0.354 e. The third kappa shape index (κ3) is 2.55. The van der Waals surface area contributed by atoms with Gasteiger partial charge in [-0.25, -0.2) is 0 Å². The van der Waals surface area contributed by atoms with E-state index in [-0.39, 0.29) is 22.7 Å². The topological polar surface area (TPSA) is 61.4 Å². The molecule has 0 aromatic rings. The number of nitrogens with one attached hydrogen (secondary N) is 2. The van der Waals surface area contributed by atoms with E-state index < -0.39 is 0 Å². The van der Waals surface area contributed by atoms with Gasteiger partial charge in [0.15, 0.2) is 0 Å². The second-order valence-corrected chi connectivity index (χ2v) is 7.72. The second-order valence-electron chi connectivity index (χ2n) is 6.22. The fourth-order valence-electron chi connectivity index (χ4n) is 3.48. The average molecular weight is 297 g/mol. The first-order chi connectivity index (χ1) is 9.60. The zero-order valence-electron chi connectivity index (χ0n) is 12.0. The van der Waals surface area contributed by atoms with Gasteiger partial charge in [-0.05, 0) is 45.2 Å². The molecular weight excluding hydrogens is 274 g/mol. The summed E-state index contributed by atoms with van der Waals surface area (Å²) in [5.74, 6) is 1.43. The van der Waals surface area contributed by atoms with Crippen molar-refractivity contribution in [3.8, 4) is 0 Å². The van der Waals surface area contributed by atoms with Crippen LogP contribution >= 0.6 is 11.8 Å². The Morgan fingerprint density at radius 2 is 2.45 bits per heavy atom. The highest BCUT2D eigenvalue weighted by Crippen LogP contribution is 2.47. The molecule has 20 heavy (non-hydrogen) atoms. The average Bonchev–Trinajstić information content (AvgIpc) is 2.95. The molecule has 3 fully saturated rings. The highest BCUT2D eigenvalue weighted by Gasteiger charge is 2.52. The number of hydrogen-bond acceptors (Lipinski definition) is 4. The van der Waals surface area contributed by atoms with Crippen molar-refractivity contribution in [2.75, 3.05) is 25.4 Å². The molecule has 3 atom stereocenters. The van der Waals surface area contributed by atoms with E-state index in [4.69, 9.17) is 0 Å². The number of carbonyl (C=O) groups is 2. The van der Waals surface area contributed by atoms with Crippen LogP contribution in [0.15, 0.2) is 0 Å². The molecule has 3 aliphatic rings. The van der Waals surface area contributed by atoms with Gasteiger partial charge in [0.2, 0.25) is 11.8 Å². The molecule has 6 heteroatoms. The number of thioether (sulfide) groups is 1. The van der Waals surface area contributed by atoms with Crippen LogP contribution in [0.4, 0.5) is 0 Å². The van der Waals surface area contributed by atoms with Crippen molar-refractivity contribution in [1.82, 2.24) is 15.5 Å². The van der Waals surface area contributed by atoms with Crippen LogP contribution in [0, 0.1) is 5.92 Å². The third-order valence-electron chi connectivity index (χ3n) is 4.71. The van der Waals surface area contributed by atoms with Crippen molar-refractivity contribution in [1.29, 1.82) is 0 Å². The van der Waals surface area contributed by atoms with E-state index in [1.807, 2.05) is 4.90 Å². The maximum atomic E-state index is 12.4. The van der Waals surface area contributed by atoms with Gasteiger partial charge in [-0.15, -0.1) is 11.8 Å². The van der Waals surface area contributed by atoms with Crippen molar-refractivity contribution >= 4 is 23.6 Å². The van der Waals surface area contributed by atoms with Gasteiger partial charge in [0, 0.05) is 18.7 Å². The van der Waals surface area contributed by atoms with E-state index in [2.05, 4.69) is 17.6 Å². The lowest BCUT2D eigenvalue weighted by Gasteiger charge is -2.30. The van der Waals surface area contributed by atoms with Gasteiger partial charge in [-0.3, -0.25) is 9.59 Å². The lowest BCUT2D eigenvalue weighted by molar-refractivity contribution is -0.138. The number of hydrogen-bond donors (Lipinski definition) is 2. The molecule has 2 N–H and O–H groups in total. The Morgan fingerprint density at radius 3 is 3.20 bits per heavy atom. The Morgan fingerprint density at radius 1 is 1.60 bits per heavy atom. The molecule has 3 heterocycles. The fraction of sp³-hybridized carbons (Fsp3) is 0.857. The van der Waals surface area contributed by atoms with Gasteiger partial charge in [0.25, 0.3) is 0 Å². The molecule has 0 radical (unpaired) electrons. The molecule has 0 saturated carbocycles. The molecule has 0 spiro atoms. The highest BCUT2D eigenvalue weighted by atomic mass is 32.2. The van der Waals surface area contributed by atoms with E-state index in [0.29, 0.717) is 12.3 Å². The fourth-order valence-corrected chi connectivity index (χ4v) is 4.91. The van der Waals surface area contributed by atoms with Crippen molar-refractivity contribution in [3.05, 3.63) is 0 Å². The van der Waals surface area contributed by atoms with Crippen molar-refractivity contribution < 1.29 is 9.59 Å². The zero-order valence-corrected chi connectivity index (χ0v) is 12.8. The lowest BCUT2D eigenvalue weighted by atomic mass is 9.99. The van der Waals surface area contributed by atoms with Gasteiger partial charge in [-0.1, -0.05) is 0 Å². The van der Waals surface area contributed by atoms with Gasteiger partial charge >= 0.3 is 0 Å². The minimum atomic E-state index is -0.267. The Labute approximate surface area is 124 Å². The summed E-state index contributed by atoms with van der Waals surface area (Å²) in [6, 6.07) is -0.267. The molecular formula is C14H23N3O2S. The van der Waals surface area contributed by atoms with Gasteiger partial charge in [-0.2, -0.15) is 0 Å². The van der Waals surface area contributed by atoms with Crippen molar-refractivity contribution in [2.45, 2.75) is 43.5 Å². The summed E-state index contributed by atoms with van der Waals surface area (Å²) in [7, 11) is 0. The van der Waals surface area contributed by atoms with Gasteiger partial charge in [0.1, 0.15) is 6.04 Å². The Balaban J connectivity index is 1.56. The molecule has 112 valence electrons. The quantitative estimate of drug-likeness (QED) is 0.799. The van der Waals surface area contributed by atoms with E-state index in [9.17, 15) is 9.59 Å². The number of carbonyl (C=O) groups excluding carboxylic acids is 2. The van der Waals surface area contributed by atoms with Gasteiger partial charge in [0.05, 0.1) is 4.87 Å². The maximum absolute atomic E-state index is 12.4. The summed E-state index contributed by atoms with van der Waals surface area (Å²) in [6.45, 7) is 4.89. The monoisotopic (exact) mass is 297 g/mol. The van der Waals surface area contributed by atoms with E-state index in [1.165, 1.54) is 12.8 Å². The van der Waals surface area contributed by atoms with Crippen LogP contribution in [0.25, 0.3) is 0 Å². The first kappa shape index (κ1) is 14.2. The standard InChI is InChI=1S/C14H23N3O2S/c1-14-5-4-12(18)17(14)11(9-20-14)13(19)16-8-10-3-2-6-15-7-10/h10-11,15H,2-9H2,1H3,(H,16,19). The number of rotatable bonds is 3. The molecule has 0 aliphatic carbocycles. The van der Waals surface area contributed by atoms with E-state index >= 15 is 0 Å². The van der Waals surface area contributed by atoms with Crippen LogP contribution in [0.3, 0.4) is 0 Å². The molecule has 0 bridgehead atoms. The highest BCUT2D eigenvalue weighted by molar-refractivity contribution is 8.01. The summed E-state index contributed by atoms with van der Waals surface area (Å²) in [5.41, 5.74) is 0. The summed E-state index contributed by atoms with van der Waals surface area (Å²) in [4.78, 5) is 26.1. The SMILES string of the molecule is CC12CCC(=O)N1C(C(=O)NCC1CCCNC1)CS2. The molecule has 3 saturated heterocycles. The smallest absolute Gasteiger partial charge is 0.243 e. The number of amides is 2. The van der Waals surface area contributed by atoms with Gasteiger partial charge < -0.3 is 15.5 Å². The minimum absolute atomic E-state index is 0.0297. The third-order valence-corrected chi connectivity index (χ3v) is 6.22. The molecule has 0 aromatic carbocycles. The summed E-state index contributed by atoms with van der Waals surface area (Å²) in [5, 5.41) is 6.42. The molecule has 0 aromatic heterocycles. The summed E-state index contributed by atoms with van der Waals surface area (Å²) < 4.78 is 0. The van der Waals surface area contributed by atoms with E-state index in [1.54, 1.807) is 11.8 Å². The Bertz CT molecular complexity index is 411. The molecule has 5 nitrogen and oxygen atoms in total. The first-order valence-corrected chi connectivity index (χ1v) is 8.53. The number of fused-ring (bicyclic) bond motifs is 1. The predicted octanol–water partition coefficient (Wildman–Crippen LogP) is 0.556. The summed E-state index contributed by atoms with van der Waals surface area (Å²) >= 11 is 1.75. The molecule has 2 amide bonds. The van der Waals surface area contributed by atoms with E-state index in [0.717, 1.165) is 31.8 Å². The zero-order chi connectivity index (χ0) is 14.2. The second kappa shape index (κ2) is 5.56. The Hall–Kier alpha value is -0.750. The van der Waals surface area contributed by atoms with Crippen molar-refractivity contribution in [3.63, 3.8) is 0 Å². The maximum Gasteiger partial charge on any atom is 0.243 e. The van der Waals surface area contributed by atoms with Crippen molar-refractivity contribution in [2.24, 2.45) is 5.92 Å². The summed E-state index contributed by atoms with van der Waals surface area (Å²) in [6.07, 6.45) is 3.81. The van der Waals surface area contributed by atoms with Crippen LogP contribution in [0.1, 0.15) is 32.6 Å². The molecule has 3 aliphatic heterocycles. The van der Waals surface area contributed by atoms with Crippen LogP contribution in [0.2, 0.25) is 0 Å². The van der Waals surface area contributed by atoms with Crippen LogP contribution < -0.4 is 10.6 Å². The van der Waals surface area contributed by atoms with Crippen LogP contribution in [0.5, 0.6) is 0 Å². The lowest BCUT2D eigenvalue weighted by Crippen LogP contribution is -2.51.